The van der Waals surface area contributed by atoms with Crippen molar-refractivity contribution in [3.63, 3.8) is 0 Å². The molecule has 1 heterocycles. The molecule has 2 rings (SSSR count). The van der Waals surface area contributed by atoms with E-state index in [-0.39, 0.29) is 5.78 Å². The molecule has 0 aliphatic carbocycles. The predicted octanol–water partition coefficient (Wildman–Crippen LogP) is 3.78. The zero-order chi connectivity index (χ0) is 13.1. The van der Waals surface area contributed by atoms with Crippen molar-refractivity contribution in [2.24, 2.45) is 0 Å². The van der Waals surface area contributed by atoms with Crippen molar-refractivity contribution in [2.45, 2.75) is 20.3 Å². The van der Waals surface area contributed by atoms with Gasteiger partial charge in [0.25, 0.3) is 0 Å². The van der Waals surface area contributed by atoms with Gasteiger partial charge in [0.2, 0.25) is 0 Å². The normalized spacial score (nSPS) is 10.4. The third-order valence-corrected chi connectivity index (χ3v) is 3.22. The summed E-state index contributed by atoms with van der Waals surface area (Å²) in [5, 5.41) is 0.623. The summed E-state index contributed by atoms with van der Waals surface area (Å²) in [5.74, 6) is 0.0354. The maximum atomic E-state index is 12.1. The van der Waals surface area contributed by atoms with Gasteiger partial charge in [-0.1, -0.05) is 29.8 Å². The number of halogens is 1. The molecule has 0 fully saturated rings. The molecule has 0 saturated heterocycles. The fourth-order valence-electron chi connectivity index (χ4n) is 1.64. The van der Waals surface area contributed by atoms with E-state index in [2.05, 4.69) is 4.98 Å². The molecule has 1 aromatic heterocycles. The lowest BCUT2D eigenvalue weighted by Crippen LogP contribution is -2.05. The number of ketones is 1. The first-order valence-electron chi connectivity index (χ1n) is 5.77. The minimum absolute atomic E-state index is 0.0354. The number of Topliss-reactive ketones (excluding diaryl/α,β-unsaturated/α-hetero) is 1. The molecule has 0 N–H and O–H groups in total. The first kappa shape index (κ1) is 12.8. The zero-order valence-electron chi connectivity index (χ0n) is 10.4. The summed E-state index contributed by atoms with van der Waals surface area (Å²) >= 11 is 6.01. The van der Waals surface area contributed by atoms with Crippen molar-refractivity contribution >= 4 is 17.4 Å². The standard InChI is InChI=1S/C15H14ClNO/c1-10-3-6-13(17-9-10)8-15(18)12-5-4-11(2)14(16)7-12/h3-7,9H,8H2,1-2H3. The maximum Gasteiger partial charge on any atom is 0.168 e. The second-order valence-electron chi connectivity index (χ2n) is 4.39. The first-order chi connectivity index (χ1) is 8.56. The van der Waals surface area contributed by atoms with Crippen LogP contribution < -0.4 is 0 Å². The number of aryl methyl sites for hydroxylation is 2. The molecule has 0 spiro atoms. The number of carbonyl (C=O) groups excluding carboxylic acids is 1. The fraction of sp³-hybridized carbons (Fsp3) is 0.200. The summed E-state index contributed by atoms with van der Waals surface area (Å²) in [6.07, 6.45) is 2.07. The van der Waals surface area contributed by atoms with Gasteiger partial charge in [-0.15, -0.1) is 0 Å². The van der Waals surface area contributed by atoms with E-state index in [0.717, 1.165) is 16.8 Å². The Morgan fingerprint density at radius 2 is 2.00 bits per heavy atom. The molecule has 92 valence electrons. The number of nitrogens with zero attached hydrogens (tertiary/aromatic N) is 1. The van der Waals surface area contributed by atoms with E-state index in [1.807, 2.05) is 32.0 Å². The van der Waals surface area contributed by atoms with Crippen molar-refractivity contribution in [3.05, 3.63) is 63.9 Å². The molecular formula is C15H14ClNO. The molecule has 1 aromatic carbocycles. The van der Waals surface area contributed by atoms with Crippen LogP contribution in [0.5, 0.6) is 0 Å². The van der Waals surface area contributed by atoms with Gasteiger partial charge in [0.1, 0.15) is 0 Å². The number of hydrogen-bond donors (Lipinski definition) is 0. The van der Waals surface area contributed by atoms with Gasteiger partial charge >= 0.3 is 0 Å². The summed E-state index contributed by atoms with van der Waals surface area (Å²) in [6, 6.07) is 9.21. The molecule has 0 saturated carbocycles. The molecule has 0 amide bonds. The van der Waals surface area contributed by atoms with Crippen LogP contribution in [0, 0.1) is 13.8 Å². The molecular weight excluding hydrogens is 246 g/mol. The first-order valence-corrected chi connectivity index (χ1v) is 6.15. The van der Waals surface area contributed by atoms with E-state index in [0.29, 0.717) is 17.0 Å². The van der Waals surface area contributed by atoms with Crippen LogP contribution in [0.3, 0.4) is 0 Å². The lowest BCUT2D eigenvalue weighted by molar-refractivity contribution is 0.0992. The van der Waals surface area contributed by atoms with Crippen molar-refractivity contribution < 1.29 is 4.79 Å². The van der Waals surface area contributed by atoms with Gasteiger partial charge in [-0.3, -0.25) is 9.78 Å². The van der Waals surface area contributed by atoms with E-state index in [9.17, 15) is 4.79 Å². The second-order valence-corrected chi connectivity index (χ2v) is 4.80. The Balaban J connectivity index is 2.16. The average Bonchev–Trinajstić information content (AvgIpc) is 2.35. The monoisotopic (exact) mass is 259 g/mol. The van der Waals surface area contributed by atoms with Crippen LogP contribution in [0.1, 0.15) is 27.2 Å². The number of hydrogen-bond acceptors (Lipinski definition) is 2. The summed E-state index contributed by atoms with van der Waals surface area (Å²) in [6.45, 7) is 3.89. The van der Waals surface area contributed by atoms with E-state index in [1.54, 1.807) is 18.3 Å². The lowest BCUT2D eigenvalue weighted by atomic mass is 10.0. The Hall–Kier alpha value is -1.67. The van der Waals surface area contributed by atoms with Crippen molar-refractivity contribution in [1.29, 1.82) is 0 Å². The van der Waals surface area contributed by atoms with Crippen LogP contribution in [0.25, 0.3) is 0 Å². The third kappa shape index (κ3) is 2.96. The number of rotatable bonds is 3. The van der Waals surface area contributed by atoms with Gasteiger partial charge in [-0.05, 0) is 37.1 Å². The minimum Gasteiger partial charge on any atom is -0.294 e. The van der Waals surface area contributed by atoms with Gasteiger partial charge < -0.3 is 0 Å². The van der Waals surface area contributed by atoms with Crippen LogP contribution in [-0.2, 0) is 6.42 Å². The highest BCUT2D eigenvalue weighted by Gasteiger charge is 2.09. The molecule has 0 radical (unpaired) electrons. The second kappa shape index (κ2) is 5.32. The number of pyridine rings is 1. The molecule has 0 bridgehead atoms. The van der Waals surface area contributed by atoms with Crippen LogP contribution in [0.2, 0.25) is 5.02 Å². The van der Waals surface area contributed by atoms with E-state index >= 15 is 0 Å². The van der Waals surface area contributed by atoms with Crippen molar-refractivity contribution in [1.82, 2.24) is 4.98 Å². The van der Waals surface area contributed by atoms with E-state index in [1.165, 1.54) is 0 Å². The summed E-state index contributed by atoms with van der Waals surface area (Å²) in [4.78, 5) is 16.3. The van der Waals surface area contributed by atoms with Gasteiger partial charge in [0, 0.05) is 22.5 Å². The van der Waals surface area contributed by atoms with Gasteiger partial charge in [0.05, 0.1) is 6.42 Å². The topological polar surface area (TPSA) is 30.0 Å². The molecule has 2 aromatic rings. The molecule has 0 aliphatic rings. The minimum atomic E-state index is 0.0354. The third-order valence-electron chi connectivity index (χ3n) is 2.81. The summed E-state index contributed by atoms with van der Waals surface area (Å²) in [7, 11) is 0. The molecule has 18 heavy (non-hydrogen) atoms. The number of benzene rings is 1. The van der Waals surface area contributed by atoms with E-state index < -0.39 is 0 Å². The van der Waals surface area contributed by atoms with Crippen molar-refractivity contribution in [3.8, 4) is 0 Å². The Morgan fingerprint density at radius 1 is 1.22 bits per heavy atom. The Labute approximate surface area is 112 Å². The van der Waals surface area contributed by atoms with Crippen LogP contribution in [0.4, 0.5) is 0 Å². The van der Waals surface area contributed by atoms with Gasteiger partial charge in [-0.2, -0.15) is 0 Å². The quantitative estimate of drug-likeness (QED) is 0.786. The highest BCUT2D eigenvalue weighted by atomic mass is 35.5. The summed E-state index contributed by atoms with van der Waals surface area (Å²) in [5.41, 5.74) is 3.47. The fourth-order valence-corrected chi connectivity index (χ4v) is 1.82. The maximum absolute atomic E-state index is 12.1. The van der Waals surface area contributed by atoms with Crippen LogP contribution in [0.15, 0.2) is 36.5 Å². The highest BCUT2D eigenvalue weighted by Crippen LogP contribution is 2.17. The highest BCUT2D eigenvalue weighted by molar-refractivity contribution is 6.31. The molecule has 0 aliphatic heterocycles. The van der Waals surface area contributed by atoms with Crippen LogP contribution >= 0.6 is 11.6 Å². The summed E-state index contributed by atoms with van der Waals surface area (Å²) < 4.78 is 0. The molecule has 0 unspecified atom stereocenters. The van der Waals surface area contributed by atoms with Crippen molar-refractivity contribution in [2.75, 3.05) is 0 Å². The molecule has 2 nitrogen and oxygen atoms in total. The largest absolute Gasteiger partial charge is 0.294 e. The lowest BCUT2D eigenvalue weighted by Gasteiger charge is -2.03. The SMILES string of the molecule is Cc1ccc(CC(=O)c2ccc(C)c(Cl)c2)nc1. The Bertz CT molecular complexity index is 576. The Morgan fingerprint density at radius 3 is 2.61 bits per heavy atom. The molecule has 3 heteroatoms. The number of aromatic nitrogens is 1. The predicted molar refractivity (Wildman–Crippen MR) is 73.2 cm³/mol. The van der Waals surface area contributed by atoms with Crippen LogP contribution in [-0.4, -0.2) is 10.8 Å². The molecule has 0 atom stereocenters. The number of carbonyl (C=O) groups is 1. The van der Waals surface area contributed by atoms with Gasteiger partial charge in [0.15, 0.2) is 5.78 Å². The zero-order valence-corrected chi connectivity index (χ0v) is 11.2. The Kier molecular flexibility index (Phi) is 3.78. The average molecular weight is 260 g/mol. The van der Waals surface area contributed by atoms with Gasteiger partial charge in [-0.25, -0.2) is 0 Å². The smallest absolute Gasteiger partial charge is 0.168 e. The van der Waals surface area contributed by atoms with E-state index in [4.69, 9.17) is 11.6 Å².